The van der Waals surface area contributed by atoms with E-state index in [1.54, 1.807) is 30.1 Å². The first-order valence-electron chi connectivity index (χ1n) is 5.41. The number of rotatable bonds is 6. The van der Waals surface area contributed by atoms with Crippen LogP contribution in [0.2, 0.25) is 0 Å². The van der Waals surface area contributed by atoms with E-state index in [1.807, 2.05) is 0 Å². The summed E-state index contributed by atoms with van der Waals surface area (Å²) in [6, 6.07) is 5.66. The lowest BCUT2D eigenvalue weighted by Crippen LogP contribution is -2.41. The van der Waals surface area contributed by atoms with Gasteiger partial charge in [0, 0.05) is 13.1 Å². The fourth-order valence-electron chi connectivity index (χ4n) is 1.52. The molecule has 0 fully saturated rings. The Bertz CT molecular complexity index is 385. The largest absolute Gasteiger partial charge is 0.480 e. The van der Waals surface area contributed by atoms with Crippen molar-refractivity contribution in [1.29, 1.82) is 0 Å². The molecule has 0 heterocycles. The zero-order chi connectivity index (χ0) is 12.8. The Morgan fingerprint density at radius 1 is 1.53 bits per heavy atom. The van der Waals surface area contributed by atoms with E-state index in [9.17, 15) is 9.18 Å². The molecule has 0 aliphatic heterocycles. The van der Waals surface area contributed by atoms with Crippen molar-refractivity contribution >= 4 is 5.97 Å². The van der Waals surface area contributed by atoms with Gasteiger partial charge in [0.1, 0.15) is 11.9 Å². The van der Waals surface area contributed by atoms with Crippen LogP contribution in [0.15, 0.2) is 24.3 Å². The first-order valence-corrected chi connectivity index (χ1v) is 5.41. The third kappa shape index (κ3) is 4.50. The van der Waals surface area contributed by atoms with Gasteiger partial charge in [-0.3, -0.25) is 4.79 Å². The van der Waals surface area contributed by atoms with E-state index in [2.05, 4.69) is 0 Å². The summed E-state index contributed by atoms with van der Waals surface area (Å²) < 4.78 is 13.3. The molecule has 0 amide bonds. The molecule has 3 N–H and O–H groups in total. The van der Waals surface area contributed by atoms with Crippen LogP contribution >= 0.6 is 0 Å². The van der Waals surface area contributed by atoms with Gasteiger partial charge in [-0.25, -0.2) is 4.39 Å². The minimum atomic E-state index is -1.03. The van der Waals surface area contributed by atoms with Crippen LogP contribution in [0.4, 0.5) is 4.39 Å². The lowest BCUT2D eigenvalue weighted by molar-refractivity contribution is -0.138. The second-order valence-corrected chi connectivity index (χ2v) is 4.05. The van der Waals surface area contributed by atoms with Gasteiger partial charge in [-0.05, 0) is 25.1 Å². The molecular weight excluding hydrogens is 223 g/mol. The highest BCUT2D eigenvalue weighted by molar-refractivity contribution is 5.73. The van der Waals surface area contributed by atoms with Crippen molar-refractivity contribution in [1.82, 2.24) is 4.90 Å². The Balaban J connectivity index is 2.41. The molecule has 0 saturated carbocycles. The highest BCUT2D eigenvalue weighted by atomic mass is 19.1. The van der Waals surface area contributed by atoms with E-state index in [4.69, 9.17) is 10.8 Å². The van der Waals surface area contributed by atoms with Gasteiger partial charge in [0.15, 0.2) is 0 Å². The van der Waals surface area contributed by atoms with Crippen LogP contribution in [-0.2, 0) is 11.2 Å². The van der Waals surface area contributed by atoms with Gasteiger partial charge < -0.3 is 15.7 Å². The van der Waals surface area contributed by atoms with Gasteiger partial charge in [-0.15, -0.1) is 0 Å². The Morgan fingerprint density at radius 2 is 2.18 bits per heavy atom. The summed E-state index contributed by atoms with van der Waals surface area (Å²) in [5.74, 6) is -1.26. The molecule has 0 saturated heterocycles. The number of aliphatic carboxylic acids is 1. The average Bonchev–Trinajstić information content (AvgIpc) is 2.27. The second kappa shape index (κ2) is 6.32. The summed E-state index contributed by atoms with van der Waals surface area (Å²) in [5, 5.41) is 8.65. The summed E-state index contributed by atoms with van der Waals surface area (Å²) in [7, 11) is 1.77. The summed E-state index contributed by atoms with van der Waals surface area (Å²) in [5.41, 5.74) is 6.03. The molecule has 0 radical (unpaired) electrons. The molecule has 0 bridgehead atoms. The molecule has 0 aliphatic carbocycles. The van der Waals surface area contributed by atoms with Crippen molar-refractivity contribution in [2.24, 2.45) is 5.73 Å². The van der Waals surface area contributed by atoms with Gasteiger partial charge in [-0.1, -0.05) is 18.2 Å². The van der Waals surface area contributed by atoms with Crippen LogP contribution in [0.3, 0.4) is 0 Å². The molecule has 5 heteroatoms. The van der Waals surface area contributed by atoms with Crippen LogP contribution in [0.25, 0.3) is 0 Å². The highest BCUT2D eigenvalue weighted by Gasteiger charge is 2.14. The minimum absolute atomic E-state index is 0.233. The van der Waals surface area contributed by atoms with Crippen LogP contribution in [0.1, 0.15) is 5.56 Å². The molecule has 1 unspecified atom stereocenters. The number of carboxylic acids is 1. The lowest BCUT2D eigenvalue weighted by Gasteiger charge is -2.18. The fourth-order valence-corrected chi connectivity index (χ4v) is 1.52. The summed E-state index contributed by atoms with van der Waals surface area (Å²) in [6.07, 6.45) is 0.537. The number of carbonyl (C=O) groups is 1. The number of nitrogens with two attached hydrogens (primary N) is 1. The number of hydrogen-bond acceptors (Lipinski definition) is 3. The molecule has 0 aliphatic rings. The van der Waals surface area contributed by atoms with Crippen molar-refractivity contribution in [2.45, 2.75) is 12.5 Å². The van der Waals surface area contributed by atoms with E-state index in [0.29, 0.717) is 18.5 Å². The predicted molar refractivity (Wildman–Crippen MR) is 63.2 cm³/mol. The zero-order valence-electron chi connectivity index (χ0n) is 9.77. The number of halogens is 1. The maximum atomic E-state index is 13.3. The van der Waals surface area contributed by atoms with Gasteiger partial charge >= 0.3 is 5.97 Å². The molecule has 1 aromatic carbocycles. The highest BCUT2D eigenvalue weighted by Crippen LogP contribution is 2.07. The van der Waals surface area contributed by atoms with Crippen molar-refractivity contribution < 1.29 is 14.3 Å². The zero-order valence-corrected chi connectivity index (χ0v) is 9.77. The van der Waals surface area contributed by atoms with Gasteiger partial charge in [0.2, 0.25) is 0 Å². The number of benzene rings is 1. The summed E-state index contributed by atoms with van der Waals surface area (Å²) >= 11 is 0. The molecule has 0 aromatic heterocycles. The number of nitrogens with zero attached hydrogens (tertiary/aromatic N) is 1. The normalized spacial score (nSPS) is 12.7. The molecular formula is C12H17FN2O2. The Kier molecular flexibility index (Phi) is 5.06. The molecule has 0 spiro atoms. The van der Waals surface area contributed by atoms with Crippen LogP contribution in [-0.4, -0.2) is 42.2 Å². The van der Waals surface area contributed by atoms with Gasteiger partial charge in [-0.2, -0.15) is 0 Å². The summed E-state index contributed by atoms with van der Waals surface area (Å²) in [4.78, 5) is 12.3. The lowest BCUT2D eigenvalue weighted by atomic mass is 10.1. The predicted octanol–water partition coefficient (Wildman–Crippen LogP) is 0.712. The van der Waals surface area contributed by atoms with Crippen LogP contribution < -0.4 is 5.73 Å². The topological polar surface area (TPSA) is 66.6 Å². The van der Waals surface area contributed by atoms with Crippen molar-refractivity contribution in [3.05, 3.63) is 35.6 Å². The molecule has 1 aromatic rings. The smallest absolute Gasteiger partial charge is 0.321 e. The number of carboxylic acid groups (broad SMARTS) is 1. The quantitative estimate of drug-likeness (QED) is 0.768. The molecule has 1 atom stereocenters. The Hall–Kier alpha value is -1.46. The summed E-state index contributed by atoms with van der Waals surface area (Å²) in [6.45, 7) is 0.825. The van der Waals surface area contributed by atoms with E-state index >= 15 is 0 Å². The average molecular weight is 240 g/mol. The third-order valence-electron chi connectivity index (χ3n) is 2.55. The monoisotopic (exact) mass is 240 g/mol. The van der Waals surface area contributed by atoms with E-state index in [-0.39, 0.29) is 12.4 Å². The van der Waals surface area contributed by atoms with E-state index in [1.165, 1.54) is 6.07 Å². The Morgan fingerprint density at radius 3 is 2.76 bits per heavy atom. The molecule has 94 valence electrons. The van der Waals surface area contributed by atoms with Gasteiger partial charge in [0.05, 0.1) is 0 Å². The minimum Gasteiger partial charge on any atom is -0.480 e. The Labute approximate surface area is 99.8 Å². The maximum Gasteiger partial charge on any atom is 0.321 e. The van der Waals surface area contributed by atoms with Crippen LogP contribution in [0.5, 0.6) is 0 Å². The second-order valence-electron chi connectivity index (χ2n) is 4.05. The first kappa shape index (κ1) is 13.6. The standard InChI is InChI=1S/C12H17FN2O2/c1-15(8-11(14)12(16)17)7-6-9-4-2-3-5-10(9)13/h2-5,11H,6-8,14H2,1H3,(H,16,17). The first-order chi connectivity index (χ1) is 8.00. The van der Waals surface area contributed by atoms with Crippen molar-refractivity contribution in [3.63, 3.8) is 0 Å². The number of hydrogen-bond donors (Lipinski definition) is 2. The number of likely N-dealkylation sites (N-methyl/N-ethyl adjacent to an activating group) is 1. The maximum absolute atomic E-state index is 13.3. The van der Waals surface area contributed by atoms with E-state index < -0.39 is 12.0 Å². The van der Waals surface area contributed by atoms with Crippen molar-refractivity contribution in [2.75, 3.05) is 20.1 Å². The van der Waals surface area contributed by atoms with E-state index in [0.717, 1.165) is 0 Å². The molecule has 1 rings (SSSR count). The molecule has 17 heavy (non-hydrogen) atoms. The SMILES string of the molecule is CN(CCc1ccccc1F)CC(N)C(=O)O. The third-order valence-corrected chi connectivity index (χ3v) is 2.55. The molecule has 4 nitrogen and oxygen atoms in total. The van der Waals surface area contributed by atoms with Crippen LogP contribution in [0, 0.1) is 5.82 Å². The fraction of sp³-hybridized carbons (Fsp3) is 0.417. The van der Waals surface area contributed by atoms with Crippen molar-refractivity contribution in [3.8, 4) is 0 Å². The van der Waals surface area contributed by atoms with Gasteiger partial charge in [0.25, 0.3) is 0 Å².